The van der Waals surface area contributed by atoms with Gasteiger partial charge in [-0.1, -0.05) is 23.2 Å². The van der Waals surface area contributed by atoms with E-state index >= 15 is 0 Å². The zero-order valence-corrected chi connectivity index (χ0v) is 17.7. The van der Waals surface area contributed by atoms with Crippen LogP contribution in [0.4, 0.5) is 0 Å². The van der Waals surface area contributed by atoms with E-state index < -0.39 is 10.0 Å². The van der Waals surface area contributed by atoms with E-state index in [-0.39, 0.29) is 21.7 Å². The first-order valence-corrected chi connectivity index (χ1v) is 11.4. The first-order chi connectivity index (χ1) is 12.8. The van der Waals surface area contributed by atoms with E-state index in [1.54, 1.807) is 6.07 Å². The molecule has 27 heavy (non-hydrogen) atoms. The molecule has 2 heterocycles. The molecule has 0 atom stereocenters. The molecular formula is C18H25Cl2N3O3S. The van der Waals surface area contributed by atoms with Gasteiger partial charge in [0.2, 0.25) is 15.9 Å². The maximum Gasteiger partial charge on any atom is 0.244 e. The van der Waals surface area contributed by atoms with Gasteiger partial charge in [0.15, 0.2) is 0 Å². The molecule has 0 N–H and O–H groups in total. The van der Waals surface area contributed by atoms with Crippen LogP contribution >= 0.6 is 23.2 Å². The summed E-state index contributed by atoms with van der Waals surface area (Å²) in [7, 11) is -1.65. The third kappa shape index (κ3) is 4.77. The number of likely N-dealkylation sites (N-methyl/N-ethyl adjacent to an activating group) is 1. The molecule has 6 nitrogen and oxygen atoms in total. The third-order valence-corrected chi connectivity index (χ3v) is 7.96. The van der Waals surface area contributed by atoms with Gasteiger partial charge in [-0.05, 0) is 51.1 Å². The number of rotatable bonds is 3. The predicted molar refractivity (Wildman–Crippen MR) is 107 cm³/mol. The van der Waals surface area contributed by atoms with Crippen molar-refractivity contribution >= 4 is 39.1 Å². The summed E-state index contributed by atoms with van der Waals surface area (Å²) in [6, 6.07) is 4.43. The number of carbonyl (C=O) groups is 1. The lowest BCUT2D eigenvalue weighted by Crippen LogP contribution is -2.45. The number of carbonyl (C=O) groups excluding carboxylic acids is 1. The minimum Gasteiger partial charge on any atom is -0.341 e. The summed E-state index contributed by atoms with van der Waals surface area (Å²) >= 11 is 12.0. The van der Waals surface area contributed by atoms with Crippen molar-refractivity contribution in [1.29, 1.82) is 0 Å². The van der Waals surface area contributed by atoms with Gasteiger partial charge in [0.1, 0.15) is 4.90 Å². The molecule has 150 valence electrons. The monoisotopic (exact) mass is 433 g/mol. The molecule has 0 unspecified atom stereocenters. The van der Waals surface area contributed by atoms with Crippen molar-refractivity contribution < 1.29 is 13.2 Å². The Bertz CT molecular complexity index is 795. The van der Waals surface area contributed by atoms with Gasteiger partial charge in [0.25, 0.3) is 0 Å². The molecule has 0 aromatic heterocycles. The van der Waals surface area contributed by atoms with Crippen LogP contribution in [0, 0.1) is 5.92 Å². The normalized spacial score (nSPS) is 21.2. The molecule has 0 bridgehead atoms. The Morgan fingerprint density at radius 3 is 2.44 bits per heavy atom. The summed E-state index contributed by atoms with van der Waals surface area (Å²) in [6.07, 6.45) is 2.04. The molecule has 0 aliphatic carbocycles. The molecule has 2 aliphatic heterocycles. The Kier molecular flexibility index (Phi) is 6.69. The second-order valence-corrected chi connectivity index (χ2v) is 9.99. The largest absolute Gasteiger partial charge is 0.341 e. The number of nitrogens with zero attached hydrogens (tertiary/aromatic N) is 3. The summed E-state index contributed by atoms with van der Waals surface area (Å²) in [4.78, 5) is 17.0. The second-order valence-electron chi connectivity index (χ2n) is 7.24. The van der Waals surface area contributed by atoms with Crippen LogP contribution < -0.4 is 0 Å². The van der Waals surface area contributed by atoms with Gasteiger partial charge >= 0.3 is 0 Å². The molecular weight excluding hydrogens is 409 g/mol. The van der Waals surface area contributed by atoms with Crippen LogP contribution in [0.15, 0.2) is 23.1 Å². The van der Waals surface area contributed by atoms with Crippen LogP contribution in [0.2, 0.25) is 10.0 Å². The van der Waals surface area contributed by atoms with Gasteiger partial charge in [-0.3, -0.25) is 4.79 Å². The van der Waals surface area contributed by atoms with E-state index in [2.05, 4.69) is 11.9 Å². The molecule has 1 amide bonds. The van der Waals surface area contributed by atoms with Crippen LogP contribution in [0.5, 0.6) is 0 Å². The minimum atomic E-state index is -3.72. The SMILES string of the molecule is CN1CCCN(C(=O)C2CCN(S(=O)(=O)c3cc(Cl)ccc3Cl)CC2)CC1. The standard InChI is InChI=1S/C18H25Cl2N3O3S/c1-21-7-2-8-22(12-11-21)18(24)14-5-9-23(10-6-14)27(25,26)17-13-15(19)3-4-16(17)20/h3-4,13-14H,2,5-12H2,1H3. The van der Waals surface area contributed by atoms with E-state index in [0.717, 1.165) is 32.6 Å². The lowest BCUT2D eigenvalue weighted by Gasteiger charge is -2.33. The Labute approximate surface area is 171 Å². The zero-order valence-electron chi connectivity index (χ0n) is 15.4. The topological polar surface area (TPSA) is 60.9 Å². The zero-order chi connectivity index (χ0) is 19.6. The number of hydrogen-bond acceptors (Lipinski definition) is 4. The summed E-state index contributed by atoms with van der Waals surface area (Å²) in [5, 5.41) is 0.487. The van der Waals surface area contributed by atoms with Crippen molar-refractivity contribution in [2.75, 3.05) is 46.3 Å². The van der Waals surface area contributed by atoms with Crippen LogP contribution in [0.3, 0.4) is 0 Å². The molecule has 0 spiro atoms. The Morgan fingerprint density at radius 2 is 1.74 bits per heavy atom. The number of halogens is 2. The summed E-state index contributed by atoms with van der Waals surface area (Å²) in [6.45, 7) is 4.03. The molecule has 3 rings (SSSR count). The van der Waals surface area contributed by atoms with Gasteiger partial charge < -0.3 is 9.80 Å². The van der Waals surface area contributed by atoms with Gasteiger partial charge in [0, 0.05) is 43.7 Å². The average Bonchev–Trinajstić information content (AvgIpc) is 2.87. The first-order valence-electron chi connectivity index (χ1n) is 9.21. The number of amides is 1. The molecule has 1 aromatic carbocycles. The highest BCUT2D eigenvalue weighted by atomic mass is 35.5. The smallest absolute Gasteiger partial charge is 0.244 e. The maximum atomic E-state index is 12.9. The molecule has 0 radical (unpaired) electrons. The van der Waals surface area contributed by atoms with Crippen LogP contribution in [-0.2, 0) is 14.8 Å². The fraction of sp³-hybridized carbons (Fsp3) is 0.611. The van der Waals surface area contributed by atoms with Crippen molar-refractivity contribution in [3.05, 3.63) is 28.2 Å². The van der Waals surface area contributed by atoms with Gasteiger partial charge in [0.05, 0.1) is 5.02 Å². The summed E-state index contributed by atoms with van der Waals surface area (Å²) < 4.78 is 27.2. The fourth-order valence-electron chi connectivity index (χ4n) is 3.68. The van der Waals surface area contributed by atoms with E-state index in [4.69, 9.17) is 23.2 Å². The van der Waals surface area contributed by atoms with Crippen molar-refractivity contribution in [1.82, 2.24) is 14.1 Å². The van der Waals surface area contributed by atoms with Crippen LogP contribution in [0.1, 0.15) is 19.3 Å². The molecule has 2 saturated heterocycles. The second kappa shape index (κ2) is 8.66. The first kappa shape index (κ1) is 20.9. The lowest BCUT2D eigenvalue weighted by atomic mass is 9.96. The van der Waals surface area contributed by atoms with Gasteiger partial charge in [-0.25, -0.2) is 8.42 Å². The highest BCUT2D eigenvalue weighted by molar-refractivity contribution is 7.89. The van der Waals surface area contributed by atoms with E-state index in [0.29, 0.717) is 31.0 Å². The molecule has 2 aliphatic rings. The Balaban J connectivity index is 1.64. The molecule has 2 fully saturated rings. The number of sulfonamides is 1. The Morgan fingerprint density at radius 1 is 1.04 bits per heavy atom. The minimum absolute atomic E-state index is 0.0250. The van der Waals surface area contributed by atoms with Crippen LogP contribution in [-0.4, -0.2) is 74.7 Å². The number of hydrogen-bond donors (Lipinski definition) is 0. The van der Waals surface area contributed by atoms with Gasteiger partial charge in [-0.15, -0.1) is 0 Å². The number of benzene rings is 1. The predicted octanol–water partition coefficient (Wildman–Crippen LogP) is 2.56. The third-order valence-electron chi connectivity index (χ3n) is 5.35. The van der Waals surface area contributed by atoms with Crippen molar-refractivity contribution in [3.63, 3.8) is 0 Å². The van der Waals surface area contributed by atoms with Crippen LogP contribution in [0.25, 0.3) is 0 Å². The van der Waals surface area contributed by atoms with E-state index in [1.165, 1.54) is 16.4 Å². The highest BCUT2D eigenvalue weighted by Crippen LogP contribution is 2.30. The van der Waals surface area contributed by atoms with Crippen molar-refractivity contribution in [2.24, 2.45) is 5.92 Å². The number of piperidine rings is 1. The lowest BCUT2D eigenvalue weighted by molar-refractivity contribution is -0.136. The quantitative estimate of drug-likeness (QED) is 0.734. The maximum absolute atomic E-state index is 12.9. The van der Waals surface area contributed by atoms with E-state index in [1.807, 2.05) is 4.90 Å². The Hall–Kier alpha value is -0.860. The summed E-state index contributed by atoms with van der Waals surface area (Å²) in [5.41, 5.74) is 0. The molecule has 1 aromatic rings. The fourth-order valence-corrected chi connectivity index (χ4v) is 5.89. The molecule has 0 saturated carbocycles. The van der Waals surface area contributed by atoms with Crippen molar-refractivity contribution in [3.8, 4) is 0 Å². The summed E-state index contributed by atoms with van der Waals surface area (Å²) in [5.74, 6) is 0.0397. The van der Waals surface area contributed by atoms with Gasteiger partial charge in [-0.2, -0.15) is 4.31 Å². The highest BCUT2D eigenvalue weighted by Gasteiger charge is 2.35. The van der Waals surface area contributed by atoms with E-state index in [9.17, 15) is 13.2 Å². The average molecular weight is 434 g/mol. The van der Waals surface area contributed by atoms with Crippen molar-refractivity contribution in [2.45, 2.75) is 24.2 Å². The molecule has 9 heteroatoms.